The molecule has 2 rings (SSSR count). The highest BCUT2D eigenvalue weighted by Crippen LogP contribution is 2.27. The van der Waals surface area contributed by atoms with Gasteiger partial charge in [-0.25, -0.2) is 0 Å². The Bertz CT molecular complexity index is 322. The quantitative estimate of drug-likeness (QED) is 0.875. The molecule has 1 aliphatic rings. The zero-order valence-corrected chi connectivity index (χ0v) is 10.9. The minimum Gasteiger partial charge on any atom is -0.380 e. The summed E-state index contributed by atoms with van der Waals surface area (Å²) in [6.07, 6.45) is 1.19. The molecule has 2 N–H and O–H groups in total. The van der Waals surface area contributed by atoms with Crippen molar-refractivity contribution in [2.75, 3.05) is 18.4 Å². The Morgan fingerprint density at radius 1 is 1.36 bits per heavy atom. The van der Waals surface area contributed by atoms with Gasteiger partial charge in [-0.05, 0) is 47.1 Å². The molecule has 4 heteroatoms. The molecule has 1 atom stereocenters. The molecule has 0 saturated carbocycles. The van der Waals surface area contributed by atoms with E-state index in [-0.39, 0.29) is 0 Å². The summed E-state index contributed by atoms with van der Waals surface area (Å²) in [6.45, 7) is 2.17. The van der Waals surface area contributed by atoms with Crippen LogP contribution in [0.5, 0.6) is 0 Å². The zero-order valence-electron chi connectivity index (χ0n) is 7.69. The third-order valence-corrected chi connectivity index (χ3v) is 3.53. The van der Waals surface area contributed by atoms with E-state index in [0.717, 1.165) is 27.7 Å². The van der Waals surface area contributed by atoms with Gasteiger partial charge in [0, 0.05) is 27.2 Å². The Kier molecular flexibility index (Phi) is 3.47. The number of nitrogens with one attached hydrogen (secondary N) is 2. The van der Waals surface area contributed by atoms with Crippen molar-refractivity contribution in [3.05, 3.63) is 27.1 Å². The van der Waals surface area contributed by atoms with E-state index < -0.39 is 0 Å². The fraction of sp³-hybridized carbons (Fsp3) is 0.400. The van der Waals surface area contributed by atoms with Crippen LogP contribution >= 0.6 is 31.9 Å². The molecule has 1 aromatic carbocycles. The van der Waals surface area contributed by atoms with Gasteiger partial charge in [0.25, 0.3) is 0 Å². The van der Waals surface area contributed by atoms with Crippen LogP contribution in [0.1, 0.15) is 6.42 Å². The molecule has 1 heterocycles. The molecule has 0 spiro atoms. The lowest BCUT2D eigenvalue weighted by Gasteiger charge is -2.14. The zero-order chi connectivity index (χ0) is 9.97. The van der Waals surface area contributed by atoms with E-state index in [4.69, 9.17) is 0 Å². The van der Waals surface area contributed by atoms with Gasteiger partial charge in [0.15, 0.2) is 0 Å². The lowest BCUT2D eigenvalue weighted by atomic mass is 10.2. The van der Waals surface area contributed by atoms with Crippen LogP contribution < -0.4 is 10.6 Å². The van der Waals surface area contributed by atoms with Crippen LogP contribution in [-0.4, -0.2) is 19.1 Å². The van der Waals surface area contributed by atoms with Crippen LogP contribution in [-0.2, 0) is 0 Å². The molecule has 1 saturated heterocycles. The maximum Gasteiger partial charge on any atom is 0.0498 e. The van der Waals surface area contributed by atoms with Crippen molar-refractivity contribution in [3.63, 3.8) is 0 Å². The molecule has 1 unspecified atom stereocenters. The van der Waals surface area contributed by atoms with Gasteiger partial charge in [0.1, 0.15) is 0 Å². The van der Waals surface area contributed by atoms with Crippen LogP contribution in [0.4, 0.5) is 5.69 Å². The van der Waals surface area contributed by atoms with Crippen LogP contribution in [0.25, 0.3) is 0 Å². The second-order valence-corrected chi connectivity index (χ2v) is 5.23. The van der Waals surface area contributed by atoms with Gasteiger partial charge in [0.05, 0.1) is 0 Å². The Labute approximate surface area is 101 Å². The summed E-state index contributed by atoms with van der Waals surface area (Å²) in [5, 5.41) is 6.85. The number of hydrogen-bond donors (Lipinski definition) is 2. The number of rotatable bonds is 2. The van der Waals surface area contributed by atoms with E-state index in [9.17, 15) is 0 Å². The summed E-state index contributed by atoms with van der Waals surface area (Å²) >= 11 is 7.00. The fourth-order valence-corrected chi connectivity index (χ4v) is 2.33. The normalized spacial score (nSPS) is 21.1. The first-order chi connectivity index (χ1) is 6.75. The molecule has 1 aliphatic heterocycles. The summed E-state index contributed by atoms with van der Waals surface area (Å²) in [4.78, 5) is 0. The third kappa shape index (κ3) is 2.49. The van der Waals surface area contributed by atoms with Gasteiger partial charge >= 0.3 is 0 Å². The van der Waals surface area contributed by atoms with Crippen molar-refractivity contribution in [2.45, 2.75) is 12.5 Å². The molecule has 14 heavy (non-hydrogen) atoms. The lowest BCUT2D eigenvalue weighted by molar-refractivity contribution is 0.792. The predicted molar refractivity (Wildman–Crippen MR) is 66.7 cm³/mol. The van der Waals surface area contributed by atoms with E-state index in [1.165, 1.54) is 6.42 Å². The van der Waals surface area contributed by atoms with Gasteiger partial charge < -0.3 is 10.6 Å². The van der Waals surface area contributed by atoms with Crippen LogP contribution in [0, 0.1) is 0 Å². The monoisotopic (exact) mass is 318 g/mol. The maximum atomic E-state index is 3.53. The molecule has 0 aromatic heterocycles. The Morgan fingerprint density at radius 2 is 2.21 bits per heavy atom. The number of anilines is 1. The molecule has 0 aliphatic carbocycles. The molecular formula is C10H12Br2N2. The van der Waals surface area contributed by atoms with Gasteiger partial charge in [0.2, 0.25) is 0 Å². The molecule has 1 aromatic rings. The van der Waals surface area contributed by atoms with Gasteiger partial charge in [-0.1, -0.05) is 15.9 Å². The van der Waals surface area contributed by atoms with Crippen LogP contribution in [0.3, 0.4) is 0 Å². The third-order valence-electron chi connectivity index (χ3n) is 2.35. The average molecular weight is 320 g/mol. The lowest BCUT2D eigenvalue weighted by Crippen LogP contribution is -2.22. The SMILES string of the molecule is Brc1ccc(Br)c(NC2CCNC2)c1. The average Bonchev–Trinajstić information content (AvgIpc) is 2.64. The molecule has 0 radical (unpaired) electrons. The summed E-state index contributed by atoms with van der Waals surface area (Å²) in [7, 11) is 0. The number of hydrogen-bond acceptors (Lipinski definition) is 2. The van der Waals surface area contributed by atoms with Crippen molar-refractivity contribution in [1.29, 1.82) is 0 Å². The maximum absolute atomic E-state index is 3.53. The second-order valence-electron chi connectivity index (χ2n) is 3.46. The van der Waals surface area contributed by atoms with E-state index in [2.05, 4.69) is 54.6 Å². The first-order valence-corrected chi connectivity index (χ1v) is 6.26. The summed E-state index contributed by atoms with van der Waals surface area (Å²) < 4.78 is 2.22. The molecular weight excluding hydrogens is 308 g/mol. The Hall–Kier alpha value is -0.0600. The largest absolute Gasteiger partial charge is 0.380 e. The predicted octanol–water partition coefficient (Wildman–Crippen LogP) is 2.99. The van der Waals surface area contributed by atoms with Crippen molar-refractivity contribution in [2.24, 2.45) is 0 Å². The first kappa shape index (κ1) is 10.5. The van der Waals surface area contributed by atoms with E-state index >= 15 is 0 Å². The topological polar surface area (TPSA) is 24.1 Å². The van der Waals surface area contributed by atoms with E-state index in [0.29, 0.717) is 6.04 Å². The van der Waals surface area contributed by atoms with Crippen LogP contribution in [0.2, 0.25) is 0 Å². The molecule has 0 amide bonds. The molecule has 1 fully saturated rings. The number of halogens is 2. The first-order valence-electron chi connectivity index (χ1n) is 4.68. The van der Waals surface area contributed by atoms with Crippen molar-refractivity contribution in [1.82, 2.24) is 5.32 Å². The molecule has 2 nitrogen and oxygen atoms in total. The highest BCUT2D eigenvalue weighted by Gasteiger charge is 2.14. The minimum absolute atomic E-state index is 0.556. The summed E-state index contributed by atoms with van der Waals surface area (Å²) in [5.41, 5.74) is 1.16. The highest BCUT2D eigenvalue weighted by atomic mass is 79.9. The highest BCUT2D eigenvalue weighted by molar-refractivity contribution is 9.11. The van der Waals surface area contributed by atoms with Crippen molar-refractivity contribution in [3.8, 4) is 0 Å². The minimum atomic E-state index is 0.556. The van der Waals surface area contributed by atoms with Crippen molar-refractivity contribution >= 4 is 37.5 Å². The molecule has 0 bridgehead atoms. The van der Waals surface area contributed by atoms with Crippen molar-refractivity contribution < 1.29 is 0 Å². The second kappa shape index (κ2) is 4.64. The van der Waals surface area contributed by atoms with Gasteiger partial charge in [-0.15, -0.1) is 0 Å². The van der Waals surface area contributed by atoms with Crippen LogP contribution in [0.15, 0.2) is 27.1 Å². The molecule has 76 valence electrons. The Morgan fingerprint density at radius 3 is 2.93 bits per heavy atom. The van der Waals surface area contributed by atoms with Gasteiger partial charge in [-0.3, -0.25) is 0 Å². The standard InChI is InChI=1S/C10H12Br2N2/c11-7-1-2-9(12)10(5-7)14-8-3-4-13-6-8/h1-2,5,8,13-14H,3-4,6H2. The van der Waals surface area contributed by atoms with E-state index in [1.807, 2.05) is 6.07 Å². The number of benzene rings is 1. The fourth-order valence-electron chi connectivity index (χ4n) is 1.61. The van der Waals surface area contributed by atoms with Gasteiger partial charge in [-0.2, -0.15) is 0 Å². The Balaban J connectivity index is 2.10. The summed E-state index contributed by atoms with van der Waals surface area (Å²) in [6, 6.07) is 6.74. The smallest absolute Gasteiger partial charge is 0.0498 e. The summed E-state index contributed by atoms with van der Waals surface area (Å²) in [5.74, 6) is 0. The van der Waals surface area contributed by atoms with E-state index in [1.54, 1.807) is 0 Å².